The van der Waals surface area contributed by atoms with Gasteiger partial charge >= 0.3 is 0 Å². The van der Waals surface area contributed by atoms with Gasteiger partial charge in [-0.3, -0.25) is 0 Å². The quantitative estimate of drug-likeness (QED) is 0.581. The van der Waals surface area contributed by atoms with Gasteiger partial charge in [-0.05, 0) is 32.1 Å². The van der Waals surface area contributed by atoms with Crippen LogP contribution < -0.4 is 5.32 Å². The van der Waals surface area contributed by atoms with Gasteiger partial charge in [0.15, 0.2) is 0 Å². The molecular formula is C14H31NO2. The number of aliphatic hydroxyl groups is 1. The molecule has 0 saturated heterocycles. The molecule has 17 heavy (non-hydrogen) atoms. The van der Waals surface area contributed by atoms with E-state index < -0.39 is 0 Å². The topological polar surface area (TPSA) is 41.5 Å². The highest BCUT2D eigenvalue weighted by molar-refractivity contribution is 4.83. The maximum atomic E-state index is 9.41. The van der Waals surface area contributed by atoms with Crippen LogP contribution in [0.2, 0.25) is 0 Å². The Balaban J connectivity index is 3.62. The van der Waals surface area contributed by atoms with Gasteiger partial charge in [-0.15, -0.1) is 0 Å². The highest BCUT2D eigenvalue weighted by Gasteiger charge is 2.22. The fraction of sp³-hybridized carbons (Fsp3) is 1.00. The summed E-state index contributed by atoms with van der Waals surface area (Å²) in [5.41, 5.74) is -0.171. The fourth-order valence-electron chi connectivity index (χ4n) is 1.88. The van der Waals surface area contributed by atoms with E-state index in [1.54, 1.807) is 0 Å². The highest BCUT2D eigenvalue weighted by Crippen LogP contribution is 2.13. The van der Waals surface area contributed by atoms with Gasteiger partial charge in [0.25, 0.3) is 0 Å². The number of rotatable bonds is 10. The van der Waals surface area contributed by atoms with Gasteiger partial charge in [-0.1, -0.05) is 27.7 Å². The van der Waals surface area contributed by atoms with Crippen molar-refractivity contribution in [2.75, 3.05) is 19.8 Å². The molecule has 1 atom stereocenters. The van der Waals surface area contributed by atoms with Gasteiger partial charge in [0.1, 0.15) is 0 Å². The molecule has 3 nitrogen and oxygen atoms in total. The van der Waals surface area contributed by atoms with E-state index in [-0.39, 0.29) is 12.1 Å². The minimum absolute atomic E-state index is 0.171. The zero-order chi connectivity index (χ0) is 13.3. The monoisotopic (exact) mass is 245 g/mol. The Morgan fingerprint density at radius 3 is 2.29 bits per heavy atom. The Bertz CT molecular complexity index is 183. The van der Waals surface area contributed by atoms with E-state index in [1.165, 1.54) is 0 Å². The van der Waals surface area contributed by atoms with Crippen molar-refractivity contribution in [3.05, 3.63) is 0 Å². The number of hydrogen-bond acceptors (Lipinski definition) is 3. The van der Waals surface area contributed by atoms with Gasteiger partial charge in [-0.25, -0.2) is 0 Å². The smallest absolute Gasteiger partial charge is 0.0610 e. The van der Waals surface area contributed by atoms with Crippen molar-refractivity contribution in [1.29, 1.82) is 0 Å². The Hall–Kier alpha value is -0.120. The van der Waals surface area contributed by atoms with E-state index in [1.807, 2.05) is 0 Å². The Labute approximate surface area is 107 Å². The van der Waals surface area contributed by atoms with Gasteiger partial charge in [0.2, 0.25) is 0 Å². The zero-order valence-electron chi connectivity index (χ0n) is 12.3. The number of ether oxygens (including phenoxy) is 1. The largest absolute Gasteiger partial charge is 0.394 e. The van der Waals surface area contributed by atoms with Gasteiger partial charge in [-0.2, -0.15) is 0 Å². The molecule has 0 aliphatic rings. The molecule has 104 valence electrons. The molecule has 0 aliphatic carbocycles. The molecule has 0 saturated carbocycles. The minimum Gasteiger partial charge on any atom is -0.394 e. The third-order valence-electron chi connectivity index (χ3n) is 2.84. The zero-order valence-corrected chi connectivity index (χ0v) is 12.3. The standard InChI is InChI=1S/C14H31NO2/c1-12(2)7-10-17-9-6-8-14(5,11-16)15-13(3)4/h12-13,15-16H,6-11H2,1-5H3. The third-order valence-corrected chi connectivity index (χ3v) is 2.84. The molecule has 0 aromatic carbocycles. The normalized spacial score (nSPS) is 15.5. The third kappa shape index (κ3) is 9.57. The predicted octanol–water partition coefficient (Wildman–Crippen LogP) is 2.58. The summed E-state index contributed by atoms with van der Waals surface area (Å²) in [5.74, 6) is 0.709. The Kier molecular flexibility index (Phi) is 8.83. The van der Waals surface area contributed by atoms with Crippen LogP contribution in [0.3, 0.4) is 0 Å². The predicted molar refractivity (Wildman–Crippen MR) is 73.3 cm³/mol. The molecule has 0 fully saturated rings. The molecule has 2 N–H and O–H groups in total. The Morgan fingerprint density at radius 1 is 1.18 bits per heavy atom. The molecule has 1 unspecified atom stereocenters. The van der Waals surface area contributed by atoms with Crippen molar-refractivity contribution in [3.8, 4) is 0 Å². The van der Waals surface area contributed by atoms with Crippen molar-refractivity contribution in [2.24, 2.45) is 5.92 Å². The maximum Gasteiger partial charge on any atom is 0.0610 e. The number of nitrogens with one attached hydrogen (secondary N) is 1. The first-order valence-electron chi connectivity index (χ1n) is 6.86. The lowest BCUT2D eigenvalue weighted by atomic mass is 9.96. The molecule has 0 bridgehead atoms. The molecule has 0 heterocycles. The van der Waals surface area contributed by atoms with Crippen LogP contribution in [-0.2, 0) is 4.74 Å². The second-order valence-electron chi connectivity index (χ2n) is 5.92. The first-order valence-corrected chi connectivity index (χ1v) is 6.86. The van der Waals surface area contributed by atoms with Crippen LogP contribution in [0.5, 0.6) is 0 Å². The molecule has 0 rings (SSSR count). The van der Waals surface area contributed by atoms with Gasteiger partial charge < -0.3 is 15.2 Å². The second kappa shape index (κ2) is 8.90. The maximum absolute atomic E-state index is 9.41. The summed E-state index contributed by atoms with van der Waals surface area (Å²) in [6, 6.07) is 0.397. The number of aliphatic hydroxyl groups excluding tert-OH is 1. The molecule has 0 aliphatic heterocycles. The molecule has 0 spiro atoms. The summed E-state index contributed by atoms with van der Waals surface area (Å²) in [7, 11) is 0. The fourth-order valence-corrected chi connectivity index (χ4v) is 1.88. The first-order chi connectivity index (χ1) is 7.89. The van der Waals surface area contributed by atoms with Crippen LogP contribution in [-0.4, -0.2) is 36.5 Å². The first kappa shape index (κ1) is 16.9. The minimum atomic E-state index is -0.171. The van der Waals surface area contributed by atoms with E-state index in [4.69, 9.17) is 4.74 Å². The van der Waals surface area contributed by atoms with Crippen LogP contribution in [0.1, 0.15) is 53.9 Å². The highest BCUT2D eigenvalue weighted by atomic mass is 16.5. The van der Waals surface area contributed by atoms with Gasteiger partial charge in [0.05, 0.1) is 6.61 Å². The summed E-state index contributed by atoms with van der Waals surface area (Å²) in [4.78, 5) is 0. The molecule has 0 amide bonds. The average Bonchev–Trinajstić information content (AvgIpc) is 2.22. The lowest BCUT2D eigenvalue weighted by molar-refractivity contribution is 0.101. The van der Waals surface area contributed by atoms with Crippen LogP contribution in [0, 0.1) is 5.92 Å². The van der Waals surface area contributed by atoms with E-state index in [0.29, 0.717) is 12.0 Å². The van der Waals surface area contributed by atoms with E-state index in [2.05, 4.69) is 39.9 Å². The SMILES string of the molecule is CC(C)CCOCCCC(C)(CO)NC(C)C. The van der Waals surface area contributed by atoms with E-state index in [9.17, 15) is 5.11 Å². The Morgan fingerprint density at radius 2 is 1.82 bits per heavy atom. The van der Waals surface area contributed by atoms with E-state index in [0.717, 1.165) is 32.5 Å². The summed E-state index contributed by atoms with van der Waals surface area (Å²) < 4.78 is 5.58. The van der Waals surface area contributed by atoms with Crippen LogP contribution in [0.4, 0.5) is 0 Å². The molecular weight excluding hydrogens is 214 g/mol. The molecule has 0 aromatic heterocycles. The van der Waals surface area contributed by atoms with Crippen molar-refractivity contribution in [1.82, 2.24) is 5.32 Å². The van der Waals surface area contributed by atoms with Crippen LogP contribution in [0.15, 0.2) is 0 Å². The molecule has 0 aromatic rings. The average molecular weight is 245 g/mol. The molecule has 3 heteroatoms. The lowest BCUT2D eigenvalue weighted by Crippen LogP contribution is -2.49. The number of hydrogen-bond donors (Lipinski definition) is 2. The summed E-state index contributed by atoms with van der Waals surface area (Å²) >= 11 is 0. The van der Waals surface area contributed by atoms with Crippen molar-refractivity contribution >= 4 is 0 Å². The van der Waals surface area contributed by atoms with E-state index >= 15 is 0 Å². The summed E-state index contributed by atoms with van der Waals surface area (Å²) in [5, 5.41) is 12.8. The van der Waals surface area contributed by atoms with Crippen LogP contribution in [0.25, 0.3) is 0 Å². The lowest BCUT2D eigenvalue weighted by Gasteiger charge is -2.31. The van der Waals surface area contributed by atoms with Crippen molar-refractivity contribution in [2.45, 2.75) is 65.5 Å². The summed E-state index contributed by atoms with van der Waals surface area (Å²) in [6.45, 7) is 12.5. The second-order valence-corrected chi connectivity index (χ2v) is 5.92. The summed E-state index contributed by atoms with van der Waals surface area (Å²) in [6.07, 6.45) is 3.07. The van der Waals surface area contributed by atoms with Gasteiger partial charge in [0, 0.05) is 24.8 Å². The van der Waals surface area contributed by atoms with Crippen molar-refractivity contribution in [3.63, 3.8) is 0 Å². The van der Waals surface area contributed by atoms with Crippen LogP contribution >= 0.6 is 0 Å². The molecule has 0 radical (unpaired) electrons. The van der Waals surface area contributed by atoms with Crippen molar-refractivity contribution < 1.29 is 9.84 Å².